The first-order chi connectivity index (χ1) is 8.97. The molecule has 0 radical (unpaired) electrons. The van der Waals surface area contributed by atoms with E-state index in [4.69, 9.17) is 0 Å². The van der Waals surface area contributed by atoms with E-state index < -0.39 is 10.2 Å². The summed E-state index contributed by atoms with van der Waals surface area (Å²) >= 11 is 0. The lowest BCUT2D eigenvalue weighted by Crippen LogP contribution is -2.45. The third-order valence-corrected chi connectivity index (χ3v) is 5.65. The summed E-state index contributed by atoms with van der Waals surface area (Å²) in [7, 11) is -3.37. The van der Waals surface area contributed by atoms with Gasteiger partial charge in [0.1, 0.15) is 0 Å². The molecule has 112 valence electrons. The molecule has 1 amide bonds. The smallest absolute Gasteiger partial charge is 0.282 e. The molecule has 0 unspecified atom stereocenters. The summed E-state index contributed by atoms with van der Waals surface area (Å²) in [5.74, 6) is 0.0992. The monoisotopic (exact) mass is 291 g/mol. The number of hydrogen-bond acceptors (Lipinski definition) is 3. The molecule has 1 aliphatic rings. The van der Waals surface area contributed by atoms with Gasteiger partial charge in [-0.15, -0.1) is 0 Å². The second kappa shape index (κ2) is 7.21. The number of carbonyl (C=O) groups excluding carboxylic acids is 1. The molecule has 0 aliphatic carbocycles. The highest BCUT2D eigenvalue weighted by atomic mass is 32.2. The number of hydrogen-bond donors (Lipinski definition) is 0. The molecule has 1 fully saturated rings. The predicted octanol–water partition coefficient (Wildman–Crippen LogP) is 0.517. The summed E-state index contributed by atoms with van der Waals surface area (Å²) in [6, 6.07) is 0. The van der Waals surface area contributed by atoms with Crippen molar-refractivity contribution in [1.29, 1.82) is 0 Å². The van der Waals surface area contributed by atoms with E-state index in [1.165, 1.54) is 8.61 Å². The summed E-state index contributed by atoms with van der Waals surface area (Å²) < 4.78 is 27.8. The Morgan fingerprint density at radius 2 is 1.68 bits per heavy atom. The van der Waals surface area contributed by atoms with Crippen LogP contribution in [0, 0.1) is 0 Å². The molecule has 0 N–H and O–H groups in total. The van der Waals surface area contributed by atoms with Crippen molar-refractivity contribution in [2.45, 2.75) is 33.6 Å². The van der Waals surface area contributed by atoms with Crippen LogP contribution in [-0.4, -0.2) is 67.1 Å². The molecule has 0 aromatic carbocycles. The van der Waals surface area contributed by atoms with Crippen LogP contribution in [0.15, 0.2) is 0 Å². The molecular weight excluding hydrogens is 266 g/mol. The van der Waals surface area contributed by atoms with Crippen LogP contribution < -0.4 is 0 Å². The Labute approximate surface area is 116 Å². The number of nitrogens with zero attached hydrogens (tertiary/aromatic N) is 3. The second-order valence-corrected chi connectivity index (χ2v) is 6.51. The van der Waals surface area contributed by atoms with Crippen LogP contribution in [-0.2, 0) is 15.0 Å². The van der Waals surface area contributed by atoms with Gasteiger partial charge in [-0.05, 0) is 6.42 Å². The van der Waals surface area contributed by atoms with E-state index in [1.807, 2.05) is 20.8 Å². The maximum absolute atomic E-state index is 12.4. The van der Waals surface area contributed by atoms with Gasteiger partial charge in [-0.1, -0.05) is 20.8 Å². The molecular formula is C12H25N3O3S. The van der Waals surface area contributed by atoms with Gasteiger partial charge in [0.2, 0.25) is 5.91 Å². The topological polar surface area (TPSA) is 60.9 Å². The maximum atomic E-state index is 12.4. The minimum absolute atomic E-state index is 0.0992. The fraction of sp³-hybridized carbons (Fsp3) is 0.917. The van der Waals surface area contributed by atoms with Crippen LogP contribution in [0.4, 0.5) is 0 Å². The van der Waals surface area contributed by atoms with Crippen LogP contribution in [0.3, 0.4) is 0 Å². The zero-order chi connectivity index (χ0) is 14.5. The van der Waals surface area contributed by atoms with Crippen molar-refractivity contribution in [3.63, 3.8) is 0 Å². The first-order valence-corrected chi connectivity index (χ1v) is 8.40. The Hall–Kier alpha value is -0.660. The first-order valence-electron chi connectivity index (χ1n) is 7.00. The Balaban J connectivity index is 2.74. The van der Waals surface area contributed by atoms with Gasteiger partial charge in [-0.3, -0.25) is 4.79 Å². The Morgan fingerprint density at radius 1 is 1.05 bits per heavy atom. The molecule has 19 heavy (non-hydrogen) atoms. The van der Waals surface area contributed by atoms with Crippen molar-refractivity contribution in [2.24, 2.45) is 0 Å². The molecule has 1 aliphatic heterocycles. The molecule has 1 heterocycles. The van der Waals surface area contributed by atoms with Crippen molar-refractivity contribution in [1.82, 2.24) is 13.5 Å². The maximum Gasteiger partial charge on any atom is 0.282 e. The van der Waals surface area contributed by atoms with Crippen LogP contribution in [0.2, 0.25) is 0 Å². The zero-order valence-electron chi connectivity index (χ0n) is 12.1. The lowest BCUT2D eigenvalue weighted by molar-refractivity contribution is -0.130. The summed E-state index contributed by atoms with van der Waals surface area (Å²) in [6.07, 6.45) is 1.18. The standard InChI is InChI=1S/C12H25N3O3S/c1-4-12(16)13-8-7-9-15(11-10-13)19(17,18)14(5-2)6-3/h4-11H2,1-3H3. The molecule has 0 atom stereocenters. The van der Waals surface area contributed by atoms with E-state index in [2.05, 4.69) is 0 Å². The van der Waals surface area contributed by atoms with Crippen LogP contribution in [0.25, 0.3) is 0 Å². The van der Waals surface area contributed by atoms with Gasteiger partial charge >= 0.3 is 0 Å². The average Bonchev–Trinajstić information content (AvgIpc) is 2.65. The number of carbonyl (C=O) groups is 1. The van der Waals surface area contributed by atoms with Crippen molar-refractivity contribution in [3.05, 3.63) is 0 Å². The van der Waals surface area contributed by atoms with Crippen LogP contribution in [0.1, 0.15) is 33.6 Å². The Bertz CT molecular complexity index is 393. The van der Waals surface area contributed by atoms with Gasteiger partial charge in [-0.25, -0.2) is 0 Å². The van der Waals surface area contributed by atoms with Gasteiger partial charge in [0, 0.05) is 45.7 Å². The minimum Gasteiger partial charge on any atom is -0.341 e. The van der Waals surface area contributed by atoms with E-state index >= 15 is 0 Å². The fourth-order valence-corrected chi connectivity index (χ4v) is 3.96. The van der Waals surface area contributed by atoms with E-state index in [0.29, 0.717) is 52.1 Å². The lowest BCUT2D eigenvalue weighted by atomic mass is 10.3. The molecule has 1 saturated heterocycles. The second-order valence-electron chi connectivity index (χ2n) is 4.58. The predicted molar refractivity (Wildman–Crippen MR) is 74.9 cm³/mol. The minimum atomic E-state index is -3.37. The third-order valence-electron chi connectivity index (χ3n) is 3.47. The lowest BCUT2D eigenvalue weighted by Gasteiger charge is -2.27. The molecule has 0 bridgehead atoms. The molecule has 7 heteroatoms. The molecule has 6 nitrogen and oxygen atoms in total. The Morgan fingerprint density at radius 3 is 2.21 bits per heavy atom. The molecule has 0 aromatic rings. The normalized spacial score (nSPS) is 18.6. The van der Waals surface area contributed by atoms with E-state index in [1.54, 1.807) is 4.90 Å². The SMILES string of the molecule is CCC(=O)N1CCCN(S(=O)(=O)N(CC)CC)CC1. The number of rotatable bonds is 5. The summed E-state index contributed by atoms with van der Waals surface area (Å²) in [4.78, 5) is 13.4. The average molecular weight is 291 g/mol. The summed E-state index contributed by atoms with van der Waals surface area (Å²) in [5, 5.41) is 0. The number of amides is 1. The highest BCUT2D eigenvalue weighted by Crippen LogP contribution is 2.12. The van der Waals surface area contributed by atoms with Gasteiger partial charge in [0.05, 0.1) is 0 Å². The van der Waals surface area contributed by atoms with Crippen molar-refractivity contribution in [2.75, 3.05) is 39.3 Å². The van der Waals surface area contributed by atoms with Gasteiger partial charge in [-0.2, -0.15) is 17.0 Å². The molecule has 0 spiro atoms. The molecule has 0 aromatic heterocycles. The molecule has 0 saturated carbocycles. The third kappa shape index (κ3) is 3.90. The molecule has 1 rings (SSSR count). The van der Waals surface area contributed by atoms with Gasteiger partial charge < -0.3 is 4.90 Å². The summed E-state index contributed by atoms with van der Waals surface area (Å²) in [5.41, 5.74) is 0. The van der Waals surface area contributed by atoms with Crippen molar-refractivity contribution >= 4 is 16.1 Å². The zero-order valence-corrected chi connectivity index (χ0v) is 12.9. The Kier molecular flexibility index (Phi) is 6.22. The quantitative estimate of drug-likeness (QED) is 0.742. The van der Waals surface area contributed by atoms with Gasteiger partial charge in [0.15, 0.2) is 0 Å². The van der Waals surface area contributed by atoms with Crippen LogP contribution >= 0.6 is 0 Å². The van der Waals surface area contributed by atoms with Crippen LogP contribution in [0.5, 0.6) is 0 Å². The summed E-state index contributed by atoms with van der Waals surface area (Å²) in [6.45, 7) is 8.50. The van der Waals surface area contributed by atoms with Crippen molar-refractivity contribution < 1.29 is 13.2 Å². The highest BCUT2D eigenvalue weighted by molar-refractivity contribution is 7.86. The first kappa shape index (κ1) is 16.4. The van der Waals surface area contributed by atoms with Gasteiger partial charge in [0.25, 0.3) is 10.2 Å². The fourth-order valence-electron chi connectivity index (χ4n) is 2.31. The van der Waals surface area contributed by atoms with E-state index in [0.717, 1.165) is 0 Å². The van der Waals surface area contributed by atoms with E-state index in [-0.39, 0.29) is 5.91 Å². The largest absolute Gasteiger partial charge is 0.341 e. The van der Waals surface area contributed by atoms with E-state index in [9.17, 15) is 13.2 Å². The highest BCUT2D eigenvalue weighted by Gasteiger charge is 2.29. The van der Waals surface area contributed by atoms with Crippen molar-refractivity contribution in [3.8, 4) is 0 Å².